The summed E-state index contributed by atoms with van der Waals surface area (Å²) in [6, 6.07) is 7.38. The van der Waals surface area contributed by atoms with Crippen molar-refractivity contribution in [2.24, 2.45) is 7.05 Å². The van der Waals surface area contributed by atoms with Crippen LogP contribution in [0.25, 0.3) is 0 Å². The van der Waals surface area contributed by atoms with E-state index >= 15 is 0 Å². The maximum absolute atomic E-state index is 12.1. The summed E-state index contributed by atoms with van der Waals surface area (Å²) in [4.78, 5) is 12.1. The molecule has 1 aromatic carbocycles. The molecule has 6 heteroatoms. The van der Waals surface area contributed by atoms with Gasteiger partial charge in [-0.3, -0.25) is 9.48 Å². The minimum Gasteiger partial charge on any atom is -0.307 e. The first-order valence-electron chi connectivity index (χ1n) is 4.82. The van der Waals surface area contributed by atoms with E-state index in [2.05, 4.69) is 48.9 Å². The fourth-order valence-electron chi connectivity index (χ4n) is 1.35. The highest BCUT2D eigenvalue weighted by Gasteiger charge is 2.12. The lowest BCUT2D eigenvalue weighted by atomic mass is 10.2. The highest BCUT2D eigenvalue weighted by Crippen LogP contribution is 2.20. The van der Waals surface area contributed by atoms with E-state index in [1.54, 1.807) is 24.0 Å². The van der Waals surface area contributed by atoms with Crippen molar-refractivity contribution in [3.05, 3.63) is 44.1 Å². The first-order chi connectivity index (χ1) is 8.08. The van der Waals surface area contributed by atoms with Gasteiger partial charge >= 0.3 is 0 Å². The minimum absolute atomic E-state index is 0.154. The smallest absolute Gasteiger partial charge is 0.257 e. The summed E-state index contributed by atoms with van der Waals surface area (Å²) in [6.07, 6.45) is 1.64. The maximum atomic E-state index is 12.1. The highest BCUT2D eigenvalue weighted by atomic mass is 127. The number of benzene rings is 1. The average molecular weight is 406 g/mol. The zero-order valence-corrected chi connectivity index (χ0v) is 12.7. The predicted octanol–water partition coefficient (Wildman–Crippen LogP) is 3.04. The molecule has 0 saturated heterocycles. The van der Waals surface area contributed by atoms with Crippen molar-refractivity contribution >= 4 is 50.2 Å². The van der Waals surface area contributed by atoms with Crippen LogP contribution in [0.1, 0.15) is 10.4 Å². The lowest BCUT2D eigenvalue weighted by Gasteiger charge is -2.07. The van der Waals surface area contributed by atoms with Gasteiger partial charge in [-0.05, 0) is 56.7 Å². The summed E-state index contributed by atoms with van der Waals surface area (Å²) in [5, 5.41) is 6.79. The molecular weight excluding hydrogens is 397 g/mol. The van der Waals surface area contributed by atoms with Crippen molar-refractivity contribution in [2.75, 3.05) is 5.32 Å². The molecule has 0 radical (unpaired) electrons. The van der Waals surface area contributed by atoms with E-state index in [-0.39, 0.29) is 5.91 Å². The van der Waals surface area contributed by atoms with E-state index in [0.29, 0.717) is 11.4 Å². The van der Waals surface area contributed by atoms with Crippen LogP contribution in [0.3, 0.4) is 0 Å². The number of nitrogens with zero attached hydrogens (tertiary/aromatic N) is 2. The van der Waals surface area contributed by atoms with Crippen molar-refractivity contribution in [1.82, 2.24) is 9.78 Å². The van der Waals surface area contributed by atoms with Crippen LogP contribution in [0.5, 0.6) is 0 Å². The molecule has 0 spiro atoms. The van der Waals surface area contributed by atoms with Gasteiger partial charge in [0.25, 0.3) is 5.91 Å². The first-order valence-corrected chi connectivity index (χ1v) is 6.69. The van der Waals surface area contributed by atoms with Crippen LogP contribution >= 0.6 is 38.5 Å². The molecule has 0 aliphatic rings. The average Bonchev–Trinajstić information content (AvgIpc) is 2.68. The summed E-state index contributed by atoms with van der Waals surface area (Å²) in [5.41, 5.74) is 0.609. The normalized spacial score (nSPS) is 10.3. The molecule has 0 aliphatic heterocycles. The number of hydrogen-bond acceptors (Lipinski definition) is 2. The number of amides is 1. The second-order valence-corrected chi connectivity index (χ2v) is 5.52. The third-order valence-corrected chi connectivity index (χ3v) is 3.60. The predicted molar refractivity (Wildman–Crippen MR) is 78.0 cm³/mol. The molecule has 0 aliphatic carbocycles. The van der Waals surface area contributed by atoms with Gasteiger partial charge in [0.2, 0.25) is 0 Å². The molecule has 2 rings (SSSR count). The number of carbonyl (C=O) groups excluding carboxylic acids is 1. The van der Waals surface area contributed by atoms with E-state index in [9.17, 15) is 4.79 Å². The van der Waals surface area contributed by atoms with Crippen molar-refractivity contribution in [1.29, 1.82) is 0 Å². The Hall–Kier alpha value is -0.890. The molecule has 17 heavy (non-hydrogen) atoms. The van der Waals surface area contributed by atoms with Gasteiger partial charge in [-0.2, -0.15) is 5.10 Å². The molecule has 1 aromatic heterocycles. The molecule has 88 valence electrons. The number of rotatable bonds is 2. The standard InChI is InChI=1S/C11H9BrIN3O/c1-16-10(4-5-14-16)15-11(17)8-6-7(13)2-3-9(8)12/h2-6H,1H3,(H,15,17). The van der Waals surface area contributed by atoms with E-state index in [0.717, 1.165) is 8.04 Å². The number of carbonyl (C=O) groups is 1. The fraction of sp³-hybridized carbons (Fsp3) is 0.0909. The first kappa shape index (κ1) is 12.6. The Labute approximate surface area is 121 Å². The zero-order valence-electron chi connectivity index (χ0n) is 8.95. The van der Waals surface area contributed by atoms with Crippen molar-refractivity contribution in [3.63, 3.8) is 0 Å². The largest absolute Gasteiger partial charge is 0.307 e. The Bertz CT molecular complexity index is 568. The SMILES string of the molecule is Cn1nccc1NC(=O)c1cc(I)ccc1Br. The lowest BCUT2D eigenvalue weighted by Crippen LogP contribution is -2.15. The van der Waals surface area contributed by atoms with E-state index in [1.165, 1.54) is 0 Å². The number of aryl methyl sites for hydroxylation is 1. The Morgan fingerprint density at radius 1 is 1.47 bits per heavy atom. The Balaban J connectivity index is 2.26. The van der Waals surface area contributed by atoms with Crippen LogP contribution in [0.4, 0.5) is 5.82 Å². The molecule has 0 bridgehead atoms. The van der Waals surface area contributed by atoms with Crippen LogP contribution in [-0.4, -0.2) is 15.7 Å². The number of hydrogen-bond donors (Lipinski definition) is 1. The highest BCUT2D eigenvalue weighted by molar-refractivity contribution is 14.1. The van der Waals surface area contributed by atoms with Gasteiger partial charge in [0.15, 0.2) is 0 Å². The molecule has 0 saturated carbocycles. The summed E-state index contributed by atoms with van der Waals surface area (Å²) in [5.74, 6) is 0.514. The summed E-state index contributed by atoms with van der Waals surface area (Å²) in [6.45, 7) is 0. The van der Waals surface area contributed by atoms with Gasteiger partial charge < -0.3 is 5.32 Å². The third-order valence-electron chi connectivity index (χ3n) is 2.24. The Morgan fingerprint density at radius 3 is 2.88 bits per heavy atom. The van der Waals surface area contributed by atoms with Gasteiger partial charge in [0.05, 0.1) is 11.8 Å². The van der Waals surface area contributed by atoms with Crippen molar-refractivity contribution in [3.8, 4) is 0 Å². The van der Waals surface area contributed by atoms with E-state index in [4.69, 9.17) is 0 Å². The lowest BCUT2D eigenvalue weighted by molar-refractivity contribution is 0.102. The minimum atomic E-state index is -0.154. The molecular formula is C11H9BrIN3O. The van der Waals surface area contributed by atoms with Crippen LogP contribution in [-0.2, 0) is 7.05 Å². The van der Waals surface area contributed by atoms with E-state index in [1.807, 2.05) is 18.2 Å². The zero-order chi connectivity index (χ0) is 12.4. The maximum Gasteiger partial charge on any atom is 0.257 e. The van der Waals surface area contributed by atoms with E-state index < -0.39 is 0 Å². The number of aromatic nitrogens is 2. The van der Waals surface area contributed by atoms with Crippen LogP contribution in [0, 0.1) is 3.57 Å². The van der Waals surface area contributed by atoms with Crippen LogP contribution < -0.4 is 5.32 Å². The third kappa shape index (κ3) is 2.86. The molecule has 0 unspecified atom stereocenters. The second-order valence-electron chi connectivity index (χ2n) is 3.42. The molecule has 1 N–H and O–H groups in total. The van der Waals surface area contributed by atoms with Gasteiger partial charge in [-0.15, -0.1) is 0 Å². The number of anilines is 1. The van der Waals surface area contributed by atoms with Gasteiger partial charge in [-0.25, -0.2) is 0 Å². The Morgan fingerprint density at radius 2 is 2.24 bits per heavy atom. The second kappa shape index (κ2) is 5.18. The van der Waals surface area contributed by atoms with Crippen LogP contribution in [0.15, 0.2) is 34.9 Å². The van der Waals surface area contributed by atoms with Crippen molar-refractivity contribution in [2.45, 2.75) is 0 Å². The topological polar surface area (TPSA) is 46.9 Å². The quantitative estimate of drug-likeness (QED) is 0.780. The fourth-order valence-corrected chi connectivity index (χ4v) is 2.27. The molecule has 1 heterocycles. The number of nitrogens with one attached hydrogen (secondary N) is 1. The molecule has 2 aromatic rings. The summed E-state index contributed by atoms with van der Waals surface area (Å²) < 4.78 is 3.40. The van der Waals surface area contributed by atoms with Crippen molar-refractivity contribution < 1.29 is 4.79 Å². The summed E-state index contributed by atoms with van der Waals surface area (Å²) >= 11 is 5.54. The van der Waals surface area contributed by atoms with Crippen LogP contribution in [0.2, 0.25) is 0 Å². The number of halogens is 2. The molecule has 0 fully saturated rings. The summed E-state index contributed by atoms with van der Waals surface area (Å²) in [7, 11) is 1.78. The van der Waals surface area contributed by atoms with Gasteiger partial charge in [-0.1, -0.05) is 0 Å². The molecule has 1 amide bonds. The van der Waals surface area contributed by atoms with Gasteiger partial charge in [0.1, 0.15) is 5.82 Å². The Kier molecular flexibility index (Phi) is 3.82. The molecule has 4 nitrogen and oxygen atoms in total. The van der Waals surface area contributed by atoms with Gasteiger partial charge in [0, 0.05) is 21.2 Å². The monoisotopic (exact) mass is 405 g/mol. The molecule has 0 atom stereocenters.